The molecule has 0 aliphatic carbocycles. The zero-order valence-corrected chi connectivity index (χ0v) is 12.3. The highest BCUT2D eigenvalue weighted by atomic mass is 16.2. The summed E-state index contributed by atoms with van der Waals surface area (Å²) in [5.41, 5.74) is 0. The molecule has 1 atom stereocenters. The highest BCUT2D eigenvalue weighted by Crippen LogP contribution is 2.01. The summed E-state index contributed by atoms with van der Waals surface area (Å²) >= 11 is 0. The van der Waals surface area contributed by atoms with E-state index in [1.807, 2.05) is 7.05 Å². The number of unbranched alkanes of at least 4 members (excludes halogenated alkanes) is 3. The van der Waals surface area contributed by atoms with Gasteiger partial charge in [-0.3, -0.25) is 4.79 Å². The molecule has 3 N–H and O–H groups in total. The van der Waals surface area contributed by atoms with E-state index in [-0.39, 0.29) is 11.9 Å². The predicted octanol–water partition coefficient (Wildman–Crippen LogP) is 1.66. The van der Waals surface area contributed by atoms with Crippen molar-refractivity contribution in [1.29, 1.82) is 0 Å². The Morgan fingerprint density at radius 3 is 2.39 bits per heavy atom. The van der Waals surface area contributed by atoms with E-state index in [9.17, 15) is 4.79 Å². The quantitative estimate of drug-likeness (QED) is 0.466. The number of nitrogens with one attached hydrogen (secondary N) is 3. The molecule has 0 saturated carbocycles. The van der Waals surface area contributed by atoms with Gasteiger partial charge in [0.1, 0.15) is 0 Å². The molecule has 0 aromatic carbocycles. The molecule has 108 valence electrons. The zero-order valence-electron chi connectivity index (χ0n) is 12.3. The van der Waals surface area contributed by atoms with Crippen molar-refractivity contribution in [1.82, 2.24) is 16.0 Å². The second-order valence-electron chi connectivity index (χ2n) is 4.69. The van der Waals surface area contributed by atoms with Crippen LogP contribution in [0.1, 0.15) is 52.4 Å². The Morgan fingerprint density at radius 1 is 1.06 bits per heavy atom. The Hall–Kier alpha value is -0.610. The van der Waals surface area contributed by atoms with E-state index in [0.717, 1.165) is 45.3 Å². The third-order valence-corrected chi connectivity index (χ3v) is 3.09. The summed E-state index contributed by atoms with van der Waals surface area (Å²) in [6.07, 6.45) is 6.60. The second kappa shape index (κ2) is 12.8. The van der Waals surface area contributed by atoms with Crippen LogP contribution >= 0.6 is 0 Å². The van der Waals surface area contributed by atoms with Crippen LogP contribution < -0.4 is 16.0 Å². The Morgan fingerprint density at radius 2 is 1.78 bits per heavy atom. The number of rotatable bonds is 12. The van der Waals surface area contributed by atoms with Gasteiger partial charge in [-0.2, -0.15) is 0 Å². The molecule has 18 heavy (non-hydrogen) atoms. The summed E-state index contributed by atoms with van der Waals surface area (Å²) in [6.45, 7) is 7.16. The number of carbonyl (C=O) groups is 1. The van der Waals surface area contributed by atoms with Crippen LogP contribution in [0.15, 0.2) is 0 Å². The van der Waals surface area contributed by atoms with Crippen LogP contribution in [0.2, 0.25) is 0 Å². The Kier molecular flexibility index (Phi) is 12.4. The smallest absolute Gasteiger partial charge is 0.237 e. The van der Waals surface area contributed by atoms with E-state index >= 15 is 0 Å². The number of hydrogen-bond donors (Lipinski definition) is 3. The largest absolute Gasteiger partial charge is 0.355 e. The standard InChI is InChI=1S/C14H31N3O/c1-4-6-8-12-17-14(18)13(15-3)10-7-9-11-16-5-2/h13,15-16H,4-12H2,1-3H3,(H,17,18). The summed E-state index contributed by atoms with van der Waals surface area (Å²) in [5, 5.41) is 9.40. The van der Waals surface area contributed by atoms with Crippen molar-refractivity contribution >= 4 is 5.91 Å². The molecule has 0 spiro atoms. The van der Waals surface area contributed by atoms with Crippen LogP contribution in [0.5, 0.6) is 0 Å². The Balaban J connectivity index is 3.62. The molecule has 0 bridgehead atoms. The lowest BCUT2D eigenvalue weighted by Gasteiger charge is -2.16. The third-order valence-electron chi connectivity index (χ3n) is 3.09. The minimum absolute atomic E-state index is 0.0340. The van der Waals surface area contributed by atoms with Gasteiger partial charge in [0.15, 0.2) is 0 Å². The topological polar surface area (TPSA) is 53.2 Å². The van der Waals surface area contributed by atoms with Gasteiger partial charge in [-0.15, -0.1) is 0 Å². The molecule has 0 aromatic rings. The molecule has 1 unspecified atom stereocenters. The van der Waals surface area contributed by atoms with Gasteiger partial charge < -0.3 is 16.0 Å². The van der Waals surface area contributed by atoms with E-state index in [1.54, 1.807) is 0 Å². The van der Waals surface area contributed by atoms with Crippen molar-refractivity contribution in [2.75, 3.05) is 26.7 Å². The van der Waals surface area contributed by atoms with Crippen molar-refractivity contribution in [2.45, 2.75) is 58.4 Å². The summed E-state index contributed by atoms with van der Waals surface area (Å²) in [6, 6.07) is -0.0340. The third kappa shape index (κ3) is 9.42. The number of carbonyl (C=O) groups excluding carboxylic acids is 1. The molecule has 0 aliphatic rings. The van der Waals surface area contributed by atoms with Gasteiger partial charge in [0.25, 0.3) is 0 Å². The van der Waals surface area contributed by atoms with Crippen LogP contribution in [0.3, 0.4) is 0 Å². The van der Waals surface area contributed by atoms with E-state index < -0.39 is 0 Å². The lowest BCUT2D eigenvalue weighted by atomic mass is 10.1. The molecule has 4 heteroatoms. The number of likely N-dealkylation sites (N-methyl/N-ethyl adjacent to an activating group) is 1. The molecular formula is C14H31N3O. The fourth-order valence-corrected chi connectivity index (χ4v) is 1.89. The van der Waals surface area contributed by atoms with E-state index in [4.69, 9.17) is 0 Å². The van der Waals surface area contributed by atoms with Crippen molar-refractivity contribution in [3.63, 3.8) is 0 Å². The summed E-state index contributed by atoms with van der Waals surface area (Å²) in [7, 11) is 1.86. The van der Waals surface area contributed by atoms with Gasteiger partial charge in [0.05, 0.1) is 6.04 Å². The maximum Gasteiger partial charge on any atom is 0.237 e. The highest BCUT2D eigenvalue weighted by molar-refractivity contribution is 5.81. The van der Waals surface area contributed by atoms with Crippen molar-refractivity contribution in [3.8, 4) is 0 Å². The predicted molar refractivity (Wildman–Crippen MR) is 77.8 cm³/mol. The maximum atomic E-state index is 11.9. The first-order valence-corrected chi connectivity index (χ1v) is 7.41. The molecule has 0 heterocycles. The number of hydrogen-bond acceptors (Lipinski definition) is 3. The lowest BCUT2D eigenvalue weighted by Crippen LogP contribution is -2.42. The lowest BCUT2D eigenvalue weighted by molar-refractivity contribution is -0.123. The molecule has 1 amide bonds. The minimum atomic E-state index is -0.0340. The molecule has 0 saturated heterocycles. The van der Waals surface area contributed by atoms with Crippen LogP contribution in [0.25, 0.3) is 0 Å². The molecule has 4 nitrogen and oxygen atoms in total. The summed E-state index contributed by atoms with van der Waals surface area (Å²) in [5.74, 6) is 0.150. The maximum absolute atomic E-state index is 11.9. The fraction of sp³-hybridized carbons (Fsp3) is 0.929. The Labute approximate surface area is 112 Å². The number of amides is 1. The van der Waals surface area contributed by atoms with Crippen molar-refractivity contribution in [2.24, 2.45) is 0 Å². The van der Waals surface area contributed by atoms with Gasteiger partial charge in [0, 0.05) is 6.54 Å². The van der Waals surface area contributed by atoms with Crippen molar-refractivity contribution < 1.29 is 4.79 Å². The molecule has 0 rings (SSSR count). The van der Waals surface area contributed by atoms with Crippen LogP contribution in [-0.4, -0.2) is 38.6 Å². The first-order valence-electron chi connectivity index (χ1n) is 7.41. The van der Waals surface area contributed by atoms with Gasteiger partial charge in [-0.25, -0.2) is 0 Å². The van der Waals surface area contributed by atoms with Crippen molar-refractivity contribution in [3.05, 3.63) is 0 Å². The van der Waals surface area contributed by atoms with E-state index in [0.29, 0.717) is 0 Å². The average molecular weight is 257 g/mol. The van der Waals surface area contributed by atoms with Gasteiger partial charge in [0.2, 0.25) is 5.91 Å². The first kappa shape index (κ1) is 17.4. The highest BCUT2D eigenvalue weighted by Gasteiger charge is 2.14. The van der Waals surface area contributed by atoms with Crippen LogP contribution in [0, 0.1) is 0 Å². The monoisotopic (exact) mass is 257 g/mol. The SMILES string of the molecule is CCCCCNC(=O)C(CCCCNCC)NC. The van der Waals surface area contributed by atoms with Crippen LogP contribution in [-0.2, 0) is 4.79 Å². The van der Waals surface area contributed by atoms with Gasteiger partial charge in [-0.05, 0) is 39.4 Å². The molecule has 0 radical (unpaired) electrons. The van der Waals surface area contributed by atoms with E-state index in [1.165, 1.54) is 12.8 Å². The normalized spacial score (nSPS) is 12.4. The zero-order chi connectivity index (χ0) is 13.6. The van der Waals surface area contributed by atoms with Gasteiger partial charge >= 0.3 is 0 Å². The second-order valence-corrected chi connectivity index (χ2v) is 4.69. The molecule has 0 aliphatic heterocycles. The van der Waals surface area contributed by atoms with Gasteiger partial charge in [-0.1, -0.05) is 33.1 Å². The summed E-state index contributed by atoms with van der Waals surface area (Å²) in [4.78, 5) is 11.9. The van der Waals surface area contributed by atoms with E-state index in [2.05, 4.69) is 29.8 Å². The van der Waals surface area contributed by atoms with Crippen LogP contribution in [0.4, 0.5) is 0 Å². The summed E-state index contributed by atoms with van der Waals surface area (Å²) < 4.78 is 0. The molecular weight excluding hydrogens is 226 g/mol. The first-order chi connectivity index (χ1) is 8.76. The Bertz CT molecular complexity index is 197. The molecule has 0 fully saturated rings. The molecule has 0 aromatic heterocycles. The minimum Gasteiger partial charge on any atom is -0.355 e. The fourth-order valence-electron chi connectivity index (χ4n) is 1.89. The average Bonchev–Trinajstić information content (AvgIpc) is 2.39.